The van der Waals surface area contributed by atoms with E-state index in [1.165, 1.54) is 16.7 Å². The van der Waals surface area contributed by atoms with Crippen LogP contribution in [0.5, 0.6) is 0 Å². The van der Waals surface area contributed by atoms with Gasteiger partial charge in [-0.3, -0.25) is 0 Å². The van der Waals surface area contributed by atoms with Crippen molar-refractivity contribution >= 4 is 11.8 Å². The average molecular weight is 522 g/mol. The monoisotopic (exact) mass is 521 g/mol. The SMILES string of the molecule is C/C=C\CC(C)/C=C/c1nc(-c2ccccc2)cc(-c2cccc(-c3ccccc3-c3ccccc3NC)c2)n1. The van der Waals surface area contributed by atoms with Crippen molar-refractivity contribution in [2.75, 3.05) is 12.4 Å². The normalized spacial score (nSPS) is 12.2. The van der Waals surface area contributed by atoms with E-state index in [1.54, 1.807) is 0 Å². The Balaban J connectivity index is 1.59. The summed E-state index contributed by atoms with van der Waals surface area (Å²) in [6, 6.07) is 38.1. The van der Waals surface area contributed by atoms with Gasteiger partial charge in [0.2, 0.25) is 0 Å². The fourth-order valence-electron chi connectivity index (χ4n) is 4.88. The van der Waals surface area contributed by atoms with E-state index in [0.29, 0.717) is 5.92 Å². The number of nitrogens with zero attached hydrogens (tertiary/aromatic N) is 2. The third kappa shape index (κ3) is 6.27. The van der Waals surface area contributed by atoms with E-state index in [1.807, 2.05) is 25.2 Å². The van der Waals surface area contributed by atoms with Gasteiger partial charge in [0.25, 0.3) is 0 Å². The minimum Gasteiger partial charge on any atom is -0.388 e. The lowest BCUT2D eigenvalue weighted by atomic mass is 9.92. The summed E-state index contributed by atoms with van der Waals surface area (Å²) >= 11 is 0. The van der Waals surface area contributed by atoms with E-state index in [2.05, 4.69) is 134 Å². The van der Waals surface area contributed by atoms with Crippen LogP contribution in [0.1, 0.15) is 26.1 Å². The van der Waals surface area contributed by atoms with Crippen LogP contribution in [0.4, 0.5) is 5.69 Å². The molecule has 4 aromatic carbocycles. The van der Waals surface area contributed by atoms with Crippen LogP contribution in [-0.4, -0.2) is 17.0 Å². The van der Waals surface area contributed by atoms with Crippen LogP contribution in [0, 0.1) is 5.92 Å². The number of rotatable bonds is 9. The summed E-state index contributed by atoms with van der Waals surface area (Å²) in [6.45, 7) is 4.27. The molecule has 0 aliphatic rings. The van der Waals surface area contributed by atoms with Crippen LogP contribution < -0.4 is 5.32 Å². The van der Waals surface area contributed by atoms with Gasteiger partial charge in [-0.25, -0.2) is 9.97 Å². The highest BCUT2D eigenvalue weighted by Gasteiger charge is 2.13. The van der Waals surface area contributed by atoms with Crippen LogP contribution in [-0.2, 0) is 0 Å². The Morgan fingerprint density at radius 2 is 1.30 bits per heavy atom. The summed E-state index contributed by atoms with van der Waals surface area (Å²) < 4.78 is 0. The maximum atomic E-state index is 5.00. The Labute approximate surface area is 238 Å². The zero-order chi connectivity index (χ0) is 27.7. The minimum atomic E-state index is 0.406. The van der Waals surface area contributed by atoms with Crippen LogP contribution in [0.2, 0.25) is 0 Å². The van der Waals surface area contributed by atoms with Crippen molar-refractivity contribution in [3.05, 3.63) is 133 Å². The Bertz CT molecular complexity index is 1630. The molecule has 0 aliphatic carbocycles. The molecule has 0 aliphatic heterocycles. The largest absolute Gasteiger partial charge is 0.388 e. The molecule has 5 aromatic rings. The maximum Gasteiger partial charge on any atom is 0.152 e. The van der Waals surface area contributed by atoms with Crippen LogP contribution in [0.25, 0.3) is 50.8 Å². The Hall–Kier alpha value is -4.76. The average Bonchev–Trinajstić information content (AvgIpc) is 3.03. The standard InChI is InChI=1S/C37H35N3/c1-4-5-14-27(2)23-24-37-39-35(28-15-7-6-8-16-28)26-36(40-37)30-18-13-17-29(25-30)31-19-9-10-20-32(31)33-21-11-12-22-34(33)38-3/h4-13,15-27,38H,14H2,1-3H3/b5-4-,24-23+. The van der Waals surface area contributed by atoms with E-state index >= 15 is 0 Å². The summed E-state index contributed by atoms with van der Waals surface area (Å²) in [6.07, 6.45) is 9.53. The molecule has 0 spiro atoms. The fraction of sp³-hybridized carbons (Fsp3) is 0.135. The molecule has 1 heterocycles. The van der Waals surface area contributed by atoms with Gasteiger partial charge in [0.05, 0.1) is 11.4 Å². The van der Waals surface area contributed by atoms with Gasteiger partial charge in [0.1, 0.15) is 0 Å². The lowest BCUT2D eigenvalue weighted by Crippen LogP contribution is -1.96. The Kier molecular flexibility index (Phi) is 8.63. The topological polar surface area (TPSA) is 37.8 Å². The molecule has 3 heteroatoms. The summed E-state index contributed by atoms with van der Waals surface area (Å²) in [5, 5.41) is 3.34. The molecule has 198 valence electrons. The first-order chi connectivity index (χ1) is 19.7. The van der Waals surface area contributed by atoms with Gasteiger partial charge in [-0.05, 0) is 60.2 Å². The van der Waals surface area contributed by atoms with Gasteiger partial charge >= 0.3 is 0 Å². The van der Waals surface area contributed by atoms with Crippen molar-refractivity contribution < 1.29 is 0 Å². The van der Waals surface area contributed by atoms with Gasteiger partial charge in [-0.1, -0.05) is 116 Å². The lowest BCUT2D eigenvalue weighted by molar-refractivity contribution is 0.747. The fourth-order valence-corrected chi connectivity index (χ4v) is 4.88. The molecule has 3 nitrogen and oxygen atoms in total. The zero-order valence-electron chi connectivity index (χ0n) is 23.4. The third-order valence-corrected chi connectivity index (χ3v) is 7.01. The molecule has 0 fully saturated rings. The highest BCUT2D eigenvalue weighted by molar-refractivity contribution is 5.90. The first kappa shape index (κ1) is 26.8. The number of hydrogen-bond acceptors (Lipinski definition) is 3. The van der Waals surface area contributed by atoms with Crippen molar-refractivity contribution in [3.63, 3.8) is 0 Å². The molecule has 1 aromatic heterocycles. The van der Waals surface area contributed by atoms with E-state index in [4.69, 9.17) is 9.97 Å². The molecule has 1 N–H and O–H groups in total. The Morgan fingerprint density at radius 1 is 0.675 bits per heavy atom. The summed E-state index contributed by atoms with van der Waals surface area (Å²) in [5.41, 5.74) is 9.77. The second kappa shape index (κ2) is 12.9. The van der Waals surface area contributed by atoms with Gasteiger partial charge < -0.3 is 5.32 Å². The summed E-state index contributed by atoms with van der Waals surface area (Å²) in [5.74, 6) is 1.13. The highest BCUT2D eigenvalue weighted by Crippen LogP contribution is 2.37. The second-order valence-corrected chi connectivity index (χ2v) is 9.93. The third-order valence-electron chi connectivity index (χ3n) is 7.01. The molecule has 0 saturated carbocycles. The van der Waals surface area contributed by atoms with E-state index in [0.717, 1.165) is 46.0 Å². The van der Waals surface area contributed by atoms with E-state index < -0.39 is 0 Å². The number of para-hydroxylation sites is 1. The van der Waals surface area contributed by atoms with Crippen molar-refractivity contribution in [2.24, 2.45) is 5.92 Å². The smallest absolute Gasteiger partial charge is 0.152 e. The number of hydrogen-bond donors (Lipinski definition) is 1. The number of anilines is 1. The first-order valence-corrected chi connectivity index (χ1v) is 13.9. The van der Waals surface area contributed by atoms with Gasteiger partial charge in [0.15, 0.2) is 5.82 Å². The molecule has 0 radical (unpaired) electrons. The number of benzene rings is 4. The quantitative estimate of drug-likeness (QED) is 0.196. The number of nitrogens with one attached hydrogen (secondary N) is 1. The first-order valence-electron chi connectivity index (χ1n) is 13.9. The summed E-state index contributed by atoms with van der Waals surface area (Å²) in [4.78, 5) is 9.91. The van der Waals surface area contributed by atoms with Crippen LogP contribution in [0.3, 0.4) is 0 Å². The maximum absolute atomic E-state index is 5.00. The minimum absolute atomic E-state index is 0.406. The molecule has 1 atom stereocenters. The highest BCUT2D eigenvalue weighted by atomic mass is 14.9. The van der Waals surface area contributed by atoms with Crippen molar-refractivity contribution in [1.82, 2.24) is 9.97 Å². The molecule has 0 saturated heterocycles. The lowest BCUT2D eigenvalue weighted by Gasteiger charge is -2.15. The van der Waals surface area contributed by atoms with Gasteiger partial charge in [0, 0.05) is 29.4 Å². The predicted octanol–water partition coefficient (Wildman–Crippen LogP) is 9.80. The van der Waals surface area contributed by atoms with E-state index in [9.17, 15) is 0 Å². The van der Waals surface area contributed by atoms with Crippen molar-refractivity contribution in [3.8, 4) is 44.8 Å². The molecule has 0 amide bonds. The van der Waals surface area contributed by atoms with Crippen molar-refractivity contribution in [1.29, 1.82) is 0 Å². The van der Waals surface area contributed by atoms with Crippen LogP contribution >= 0.6 is 0 Å². The van der Waals surface area contributed by atoms with Crippen molar-refractivity contribution in [2.45, 2.75) is 20.3 Å². The molecular formula is C37H35N3. The number of aromatic nitrogens is 2. The zero-order valence-corrected chi connectivity index (χ0v) is 23.4. The molecule has 40 heavy (non-hydrogen) atoms. The van der Waals surface area contributed by atoms with Gasteiger partial charge in [-0.2, -0.15) is 0 Å². The second-order valence-electron chi connectivity index (χ2n) is 9.93. The van der Waals surface area contributed by atoms with Gasteiger partial charge in [-0.15, -0.1) is 0 Å². The van der Waals surface area contributed by atoms with Crippen LogP contribution in [0.15, 0.2) is 127 Å². The molecule has 1 unspecified atom stereocenters. The molecular weight excluding hydrogens is 486 g/mol. The summed E-state index contributed by atoms with van der Waals surface area (Å²) in [7, 11) is 1.97. The number of allylic oxidation sites excluding steroid dienone is 3. The molecule has 5 rings (SSSR count). The predicted molar refractivity (Wildman–Crippen MR) is 171 cm³/mol. The van der Waals surface area contributed by atoms with E-state index in [-0.39, 0.29) is 0 Å². The Morgan fingerprint density at radius 3 is 2.05 bits per heavy atom. The molecule has 0 bridgehead atoms.